The third-order valence-electron chi connectivity index (χ3n) is 2.85. The summed E-state index contributed by atoms with van der Waals surface area (Å²) in [5, 5.41) is 3.39. The van der Waals surface area contributed by atoms with Crippen molar-refractivity contribution in [3.8, 4) is 0 Å². The van der Waals surface area contributed by atoms with E-state index in [2.05, 4.69) is 55.5 Å². The zero-order chi connectivity index (χ0) is 13.0. The lowest BCUT2D eigenvalue weighted by molar-refractivity contribution is 0.402. The largest absolute Gasteiger partial charge is 0.467 e. The van der Waals surface area contributed by atoms with Crippen LogP contribution in [0, 0.1) is 6.92 Å². The molecule has 0 aliphatic carbocycles. The van der Waals surface area contributed by atoms with Gasteiger partial charge in [-0.1, -0.05) is 12.1 Å². The van der Waals surface area contributed by atoms with Crippen molar-refractivity contribution in [1.82, 2.24) is 4.90 Å². The molecule has 1 N–H and O–H groups in total. The molecule has 0 atom stereocenters. The number of furan rings is 1. The van der Waals surface area contributed by atoms with E-state index in [1.807, 2.05) is 6.07 Å². The first-order valence-corrected chi connectivity index (χ1v) is 6.15. The predicted octanol–water partition coefficient (Wildman–Crippen LogP) is 3.26. The summed E-state index contributed by atoms with van der Waals surface area (Å²) < 4.78 is 5.41. The van der Waals surface area contributed by atoms with Crippen LogP contribution < -0.4 is 5.32 Å². The van der Waals surface area contributed by atoms with E-state index in [1.165, 1.54) is 11.1 Å². The summed E-state index contributed by atoms with van der Waals surface area (Å²) in [6.45, 7) is 3.74. The lowest BCUT2D eigenvalue weighted by Crippen LogP contribution is -2.10. The first-order chi connectivity index (χ1) is 8.65. The maximum Gasteiger partial charge on any atom is 0.125 e. The molecule has 2 rings (SSSR count). The zero-order valence-electron chi connectivity index (χ0n) is 11.2. The Balaban J connectivity index is 1.99. The van der Waals surface area contributed by atoms with Gasteiger partial charge in [0.1, 0.15) is 5.76 Å². The molecule has 0 radical (unpaired) electrons. The molecule has 3 heteroatoms. The van der Waals surface area contributed by atoms with E-state index in [9.17, 15) is 0 Å². The lowest BCUT2D eigenvalue weighted by atomic mass is 10.2. The monoisotopic (exact) mass is 244 g/mol. The van der Waals surface area contributed by atoms with Crippen molar-refractivity contribution in [2.45, 2.75) is 20.0 Å². The van der Waals surface area contributed by atoms with Crippen molar-refractivity contribution in [1.29, 1.82) is 0 Å². The van der Waals surface area contributed by atoms with E-state index in [0.717, 1.165) is 24.5 Å². The fourth-order valence-electron chi connectivity index (χ4n) is 1.91. The Kier molecular flexibility index (Phi) is 4.05. The summed E-state index contributed by atoms with van der Waals surface area (Å²) >= 11 is 0. The molecular weight excluding hydrogens is 224 g/mol. The highest BCUT2D eigenvalue weighted by molar-refractivity contribution is 5.46. The molecule has 0 unspecified atom stereocenters. The maximum atomic E-state index is 5.41. The van der Waals surface area contributed by atoms with Crippen LogP contribution in [0.2, 0.25) is 0 Å². The number of benzene rings is 1. The third-order valence-corrected chi connectivity index (χ3v) is 2.85. The third kappa shape index (κ3) is 3.37. The average molecular weight is 244 g/mol. The van der Waals surface area contributed by atoms with Gasteiger partial charge < -0.3 is 14.6 Å². The Labute approximate surface area is 108 Å². The molecule has 1 heterocycles. The highest BCUT2D eigenvalue weighted by Crippen LogP contribution is 2.15. The second-order valence-corrected chi connectivity index (χ2v) is 4.82. The fraction of sp³-hybridized carbons (Fsp3) is 0.333. The van der Waals surface area contributed by atoms with Gasteiger partial charge in [-0.3, -0.25) is 0 Å². The van der Waals surface area contributed by atoms with E-state index in [1.54, 1.807) is 6.26 Å². The highest BCUT2D eigenvalue weighted by atomic mass is 16.3. The van der Waals surface area contributed by atoms with Gasteiger partial charge in [0, 0.05) is 12.2 Å². The molecule has 0 saturated heterocycles. The quantitative estimate of drug-likeness (QED) is 0.875. The maximum absolute atomic E-state index is 5.41. The molecule has 96 valence electrons. The Morgan fingerprint density at radius 2 is 2.06 bits per heavy atom. The zero-order valence-corrected chi connectivity index (χ0v) is 11.2. The average Bonchev–Trinajstić information content (AvgIpc) is 2.72. The molecular formula is C15H20N2O. The van der Waals surface area contributed by atoms with Gasteiger partial charge in [-0.15, -0.1) is 0 Å². The van der Waals surface area contributed by atoms with Crippen molar-refractivity contribution in [3.05, 3.63) is 53.5 Å². The smallest absolute Gasteiger partial charge is 0.125 e. The van der Waals surface area contributed by atoms with Crippen molar-refractivity contribution < 1.29 is 4.42 Å². The Morgan fingerprint density at radius 1 is 1.22 bits per heavy atom. The van der Waals surface area contributed by atoms with Crippen molar-refractivity contribution >= 4 is 5.69 Å². The van der Waals surface area contributed by atoms with Gasteiger partial charge in [0.25, 0.3) is 0 Å². The van der Waals surface area contributed by atoms with Gasteiger partial charge >= 0.3 is 0 Å². The van der Waals surface area contributed by atoms with Crippen LogP contribution in [0.4, 0.5) is 5.69 Å². The number of nitrogens with one attached hydrogen (secondary N) is 1. The van der Waals surface area contributed by atoms with Gasteiger partial charge in [-0.25, -0.2) is 0 Å². The second kappa shape index (κ2) is 5.74. The molecule has 0 amide bonds. The first kappa shape index (κ1) is 12.7. The van der Waals surface area contributed by atoms with E-state index in [4.69, 9.17) is 4.42 Å². The molecule has 0 aliphatic heterocycles. The number of hydrogen-bond donors (Lipinski definition) is 1. The number of nitrogens with zero attached hydrogens (tertiary/aromatic N) is 1. The molecule has 3 nitrogen and oxygen atoms in total. The molecule has 0 aliphatic rings. The molecule has 0 fully saturated rings. The highest BCUT2D eigenvalue weighted by Gasteiger charge is 2.02. The number of aryl methyl sites for hydroxylation is 1. The summed E-state index contributed by atoms with van der Waals surface area (Å²) in [6, 6.07) is 10.5. The van der Waals surface area contributed by atoms with E-state index in [0.29, 0.717) is 0 Å². The minimum absolute atomic E-state index is 0.726. The van der Waals surface area contributed by atoms with Crippen molar-refractivity contribution in [2.24, 2.45) is 0 Å². The lowest BCUT2D eigenvalue weighted by Gasteiger charge is -2.11. The Hall–Kier alpha value is -1.74. The van der Waals surface area contributed by atoms with Gasteiger partial charge in [0.2, 0.25) is 0 Å². The molecule has 0 spiro atoms. The molecule has 0 saturated carbocycles. The van der Waals surface area contributed by atoms with E-state index < -0.39 is 0 Å². The summed E-state index contributed by atoms with van der Waals surface area (Å²) in [5.74, 6) is 0.994. The Morgan fingerprint density at radius 3 is 2.72 bits per heavy atom. The minimum atomic E-state index is 0.726. The summed E-state index contributed by atoms with van der Waals surface area (Å²) in [4.78, 5) is 2.16. The van der Waals surface area contributed by atoms with Crippen LogP contribution in [0.5, 0.6) is 0 Å². The Bertz CT molecular complexity index is 503. The summed E-state index contributed by atoms with van der Waals surface area (Å²) in [6.07, 6.45) is 1.73. The first-order valence-electron chi connectivity index (χ1n) is 6.15. The molecule has 1 aromatic heterocycles. The van der Waals surface area contributed by atoms with E-state index in [-0.39, 0.29) is 0 Å². The van der Waals surface area contributed by atoms with Crippen LogP contribution in [-0.4, -0.2) is 19.0 Å². The fourth-order valence-corrected chi connectivity index (χ4v) is 1.91. The minimum Gasteiger partial charge on any atom is -0.467 e. The predicted molar refractivity (Wildman–Crippen MR) is 74.6 cm³/mol. The van der Waals surface area contributed by atoms with Crippen molar-refractivity contribution in [3.63, 3.8) is 0 Å². The number of rotatable bonds is 5. The van der Waals surface area contributed by atoms with Gasteiger partial charge in [0.15, 0.2) is 0 Å². The SMILES string of the molecule is Cc1ccoc1CNc1cccc(CN(C)C)c1. The van der Waals surface area contributed by atoms with Crippen LogP contribution in [0.15, 0.2) is 41.0 Å². The molecule has 2 aromatic rings. The van der Waals surface area contributed by atoms with Gasteiger partial charge in [-0.2, -0.15) is 0 Å². The van der Waals surface area contributed by atoms with Crippen LogP contribution >= 0.6 is 0 Å². The van der Waals surface area contributed by atoms with Crippen LogP contribution in [0.25, 0.3) is 0 Å². The molecule has 0 bridgehead atoms. The van der Waals surface area contributed by atoms with Crippen molar-refractivity contribution in [2.75, 3.05) is 19.4 Å². The van der Waals surface area contributed by atoms with Gasteiger partial charge in [-0.05, 0) is 50.3 Å². The topological polar surface area (TPSA) is 28.4 Å². The van der Waals surface area contributed by atoms with E-state index >= 15 is 0 Å². The second-order valence-electron chi connectivity index (χ2n) is 4.82. The molecule has 1 aromatic carbocycles. The standard InChI is InChI=1S/C15H20N2O/c1-12-7-8-18-15(12)10-16-14-6-4-5-13(9-14)11-17(2)3/h4-9,16H,10-11H2,1-3H3. The van der Waals surface area contributed by atoms with Gasteiger partial charge in [0.05, 0.1) is 12.8 Å². The van der Waals surface area contributed by atoms with Crippen LogP contribution in [0.3, 0.4) is 0 Å². The summed E-state index contributed by atoms with van der Waals surface area (Å²) in [5.41, 5.74) is 3.62. The van der Waals surface area contributed by atoms with Crippen LogP contribution in [0.1, 0.15) is 16.9 Å². The molecule has 18 heavy (non-hydrogen) atoms. The summed E-state index contributed by atoms with van der Waals surface area (Å²) in [7, 11) is 4.15. The normalized spacial score (nSPS) is 10.9. The number of anilines is 1. The number of hydrogen-bond acceptors (Lipinski definition) is 3. The van der Waals surface area contributed by atoms with Crippen LogP contribution in [-0.2, 0) is 13.1 Å².